The average molecular weight is 772 g/mol. The summed E-state index contributed by atoms with van der Waals surface area (Å²) >= 11 is 0. The third-order valence-corrected chi connectivity index (χ3v) is 10.6. The lowest BCUT2D eigenvalue weighted by atomic mass is 10.00. The quantitative estimate of drug-likeness (QED) is 0.0558. The number of rotatable bonds is 19. The minimum Gasteiger partial charge on any atom is -0.457 e. The molecule has 9 nitrogen and oxygen atoms in total. The molecule has 0 aliphatic carbocycles. The van der Waals surface area contributed by atoms with Crippen molar-refractivity contribution in [3.63, 3.8) is 0 Å². The fourth-order valence-electron chi connectivity index (χ4n) is 7.41. The van der Waals surface area contributed by atoms with E-state index in [1.807, 2.05) is 63.2 Å². The molecule has 6 rings (SSSR count). The number of amides is 1. The van der Waals surface area contributed by atoms with Crippen molar-refractivity contribution < 1.29 is 19.2 Å². The number of nitrogens with zero attached hydrogens (tertiary/aromatic N) is 3. The largest absolute Gasteiger partial charge is 0.457 e. The van der Waals surface area contributed by atoms with Crippen LogP contribution in [0.15, 0.2) is 84.0 Å². The highest BCUT2D eigenvalue weighted by molar-refractivity contribution is 6.04. The predicted molar refractivity (Wildman–Crippen MR) is 232 cm³/mol. The highest BCUT2D eigenvalue weighted by atomic mass is 16.7. The normalized spacial score (nSPS) is 15.5. The zero-order chi connectivity index (χ0) is 40.0. The Bertz CT molecular complexity index is 1950. The van der Waals surface area contributed by atoms with E-state index in [9.17, 15) is 9.59 Å². The molecule has 1 atom stereocenters. The van der Waals surface area contributed by atoms with Gasteiger partial charge in [0.1, 0.15) is 11.4 Å². The number of imidazole rings is 1. The zero-order valence-corrected chi connectivity index (χ0v) is 34.4. The molecule has 3 aromatic carbocycles. The van der Waals surface area contributed by atoms with Crippen molar-refractivity contribution in [3.05, 3.63) is 90.0 Å². The first-order chi connectivity index (χ1) is 27.7. The highest BCUT2D eigenvalue weighted by Crippen LogP contribution is 2.35. The Hall–Kier alpha value is -5.18. The molecular weight excluding hydrogens is 711 g/mol. The molecule has 9 heteroatoms. The standard InChI is InChI=1S/C48H61N5O4/c1-5-6-7-8-9-10-11-12-13-14-31-49-43(54)30-19-35-17-20-37(21-18-35)44-45(51-46(50-44)39-26-28-40(29-27-39)53-32-15-16-33-53)38-24-22-36(23-25-38)41-34-42(57-52-41)47(55)56-48(2,3)4/h17-30,42H,5-16,31-34H2,1-4H3,(H,49,54)(H,50,51). The molecule has 2 aliphatic heterocycles. The molecular formula is C48H61N5O4. The molecule has 57 heavy (non-hydrogen) atoms. The van der Waals surface area contributed by atoms with Crippen LogP contribution in [0.3, 0.4) is 0 Å². The number of aromatic nitrogens is 2. The number of esters is 1. The van der Waals surface area contributed by atoms with Gasteiger partial charge in [0.25, 0.3) is 0 Å². The summed E-state index contributed by atoms with van der Waals surface area (Å²) in [5.74, 6) is 0.309. The second-order valence-electron chi connectivity index (χ2n) is 16.4. The number of nitrogens with one attached hydrogen (secondary N) is 2. The molecule has 0 radical (unpaired) electrons. The average Bonchev–Trinajstić information content (AvgIpc) is 4.02. The van der Waals surface area contributed by atoms with Crippen LogP contribution in [0.25, 0.3) is 40.0 Å². The van der Waals surface area contributed by atoms with Gasteiger partial charge >= 0.3 is 5.97 Å². The van der Waals surface area contributed by atoms with Crippen molar-refractivity contribution in [2.24, 2.45) is 5.16 Å². The molecule has 2 N–H and O–H groups in total. The van der Waals surface area contributed by atoms with Crippen molar-refractivity contribution in [2.45, 2.75) is 123 Å². The molecule has 4 aromatic rings. The first kappa shape index (κ1) is 41.5. The maximum Gasteiger partial charge on any atom is 0.351 e. The van der Waals surface area contributed by atoms with Crippen LogP contribution >= 0.6 is 0 Å². The Kier molecular flexibility index (Phi) is 14.8. The van der Waals surface area contributed by atoms with E-state index in [2.05, 4.69) is 63.7 Å². The minimum absolute atomic E-state index is 0.0646. The SMILES string of the molecule is CCCCCCCCCCCCNC(=O)C=Cc1ccc(-c2[nH]c(-c3ccc(N4CCCC4)cc3)nc2-c2ccc(C3=NOC(C(=O)OC(C)(C)C)C3)cc2)cc1. The van der Waals surface area contributed by atoms with E-state index in [0.29, 0.717) is 18.7 Å². The van der Waals surface area contributed by atoms with E-state index in [1.165, 1.54) is 69.9 Å². The molecule has 1 saturated heterocycles. The van der Waals surface area contributed by atoms with Gasteiger partial charge in [0.2, 0.25) is 12.0 Å². The van der Waals surface area contributed by atoms with Crippen LogP contribution < -0.4 is 10.2 Å². The van der Waals surface area contributed by atoms with Crippen LogP contribution in [-0.2, 0) is 19.2 Å². The van der Waals surface area contributed by atoms with Crippen molar-refractivity contribution in [3.8, 4) is 33.9 Å². The van der Waals surface area contributed by atoms with Gasteiger partial charge in [-0.25, -0.2) is 9.78 Å². The predicted octanol–water partition coefficient (Wildman–Crippen LogP) is 10.9. The van der Waals surface area contributed by atoms with Gasteiger partial charge in [-0.1, -0.05) is 118 Å². The first-order valence-electron chi connectivity index (χ1n) is 21.2. The Labute approximate surface area is 339 Å². The van der Waals surface area contributed by atoms with Crippen LogP contribution in [-0.4, -0.2) is 58.9 Å². The summed E-state index contributed by atoms with van der Waals surface area (Å²) in [6, 6.07) is 24.9. The second-order valence-corrected chi connectivity index (χ2v) is 16.4. The number of oxime groups is 1. The van der Waals surface area contributed by atoms with E-state index in [1.54, 1.807) is 6.08 Å². The molecule has 302 valence electrons. The Morgan fingerprint density at radius 3 is 2.05 bits per heavy atom. The number of unbranched alkanes of at least 4 members (excludes halogenated alkanes) is 9. The summed E-state index contributed by atoms with van der Waals surface area (Å²) in [6.07, 6.45) is 18.3. The smallest absolute Gasteiger partial charge is 0.351 e. The van der Waals surface area contributed by atoms with E-state index in [0.717, 1.165) is 71.0 Å². The topological polar surface area (TPSA) is 109 Å². The lowest BCUT2D eigenvalue weighted by molar-refractivity contribution is -0.166. The van der Waals surface area contributed by atoms with Crippen LogP contribution in [0, 0.1) is 0 Å². The lowest BCUT2D eigenvalue weighted by Gasteiger charge is -2.20. The number of hydrogen-bond donors (Lipinski definition) is 2. The van der Waals surface area contributed by atoms with Crippen LogP contribution in [0.2, 0.25) is 0 Å². The van der Waals surface area contributed by atoms with Crippen molar-refractivity contribution in [1.82, 2.24) is 15.3 Å². The molecule has 2 aliphatic rings. The van der Waals surface area contributed by atoms with E-state index >= 15 is 0 Å². The Morgan fingerprint density at radius 1 is 0.807 bits per heavy atom. The Morgan fingerprint density at radius 2 is 1.40 bits per heavy atom. The molecule has 0 bridgehead atoms. The maximum atomic E-state index is 12.6. The van der Waals surface area contributed by atoms with E-state index < -0.39 is 17.7 Å². The number of H-pyrrole nitrogens is 1. The lowest BCUT2D eigenvalue weighted by Crippen LogP contribution is -2.32. The maximum absolute atomic E-state index is 12.6. The molecule has 1 aromatic heterocycles. The van der Waals surface area contributed by atoms with E-state index in [-0.39, 0.29) is 5.91 Å². The number of hydrogen-bond acceptors (Lipinski definition) is 7. The number of ether oxygens (including phenoxy) is 1. The summed E-state index contributed by atoms with van der Waals surface area (Å²) in [4.78, 5) is 41.8. The van der Waals surface area contributed by atoms with Gasteiger partial charge in [-0.3, -0.25) is 4.79 Å². The summed E-state index contributed by atoms with van der Waals surface area (Å²) in [7, 11) is 0. The molecule has 1 fully saturated rings. The summed E-state index contributed by atoms with van der Waals surface area (Å²) in [5.41, 5.74) is 7.83. The molecule has 1 amide bonds. The monoisotopic (exact) mass is 771 g/mol. The van der Waals surface area contributed by atoms with Crippen molar-refractivity contribution >= 4 is 29.4 Å². The van der Waals surface area contributed by atoms with Gasteiger partial charge in [0.05, 0.1) is 17.1 Å². The van der Waals surface area contributed by atoms with Crippen LogP contribution in [0.4, 0.5) is 5.69 Å². The van der Waals surface area contributed by atoms with Crippen molar-refractivity contribution in [2.75, 3.05) is 24.5 Å². The number of carbonyl (C=O) groups is 2. The van der Waals surface area contributed by atoms with Crippen LogP contribution in [0.1, 0.15) is 122 Å². The number of benzene rings is 3. The molecule has 3 heterocycles. The zero-order valence-electron chi connectivity index (χ0n) is 34.4. The number of anilines is 1. The summed E-state index contributed by atoms with van der Waals surface area (Å²) < 4.78 is 5.51. The van der Waals surface area contributed by atoms with Gasteiger partial charge in [-0.05, 0) is 81.5 Å². The Balaban J connectivity index is 1.10. The van der Waals surface area contributed by atoms with Crippen LogP contribution in [0.5, 0.6) is 0 Å². The third kappa shape index (κ3) is 12.2. The fraction of sp³-hybridized carbons (Fsp3) is 0.458. The molecule has 1 unspecified atom stereocenters. The fourth-order valence-corrected chi connectivity index (χ4v) is 7.41. The van der Waals surface area contributed by atoms with Gasteiger partial charge < -0.3 is 24.8 Å². The number of aromatic amines is 1. The van der Waals surface area contributed by atoms with Crippen molar-refractivity contribution in [1.29, 1.82) is 0 Å². The van der Waals surface area contributed by atoms with Gasteiger partial charge in [-0.2, -0.15) is 0 Å². The van der Waals surface area contributed by atoms with Gasteiger partial charge in [0, 0.05) is 54.5 Å². The van der Waals surface area contributed by atoms with E-state index in [4.69, 9.17) is 14.6 Å². The minimum atomic E-state index is -0.752. The first-order valence-corrected chi connectivity index (χ1v) is 21.2. The third-order valence-electron chi connectivity index (χ3n) is 10.6. The van der Waals surface area contributed by atoms with Gasteiger partial charge in [0.15, 0.2) is 0 Å². The second kappa shape index (κ2) is 20.3. The summed E-state index contributed by atoms with van der Waals surface area (Å²) in [6.45, 7) is 10.7. The summed E-state index contributed by atoms with van der Waals surface area (Å²) in [5, 5.41) is 7.26. The number of carbonyl (C=O) groups excluding carboxylic acids is 2. The van der Waals surface area contributed by atoms with Gasteiger partial charge in [-0.15, -0.1) is 0 Å². The highest BCUT2D eigenvalue weighted by Gasteiger charge is 2.33. The molecule has 0 spiro atoms. The molecule has 0 saturated carbocycles.